The van der Waals surface area contributed by atoms with E-state index in [9.17, 15) is 14.3 Å². The second-order valence-corrected chi connectivity index (χ2v) is 8.27. The SMILES string of the molecule is CC(C)(C)OC[C@H](O)CN1CCc2nc(Cc3ccccc3F)[nH]c(=O)c2C1. The first-order valence-electron chi connectivity index (χ1n) is 9.60. The molecule has 2 heterocycles. The van der Waals surface area contributed by atoms with Crippen LogP contribution < -0.4 is 5.56 Å². The maximum atomic E-state index is 13.9. The summed E-state index contributed by atoms with van der Waals surface area (Å²) in [5.41, 5.74) is 1.39. The highest BCUT2D eigenvalue weighted by molar-refractivity contribution is 5.25. The van der Waals surface area contributed by atoms with Gasteiger partial charge in [0.1, 0.15) is 11.6 Å². The summed E-state index contributed by atoms with van der Waals surface area (Å²) in [6.45, 7) is 7.66. The van der Waals surface area contributed by atoms with Gasteiger partial charge in [-0.2, -0.15) is 0 Å². The summed E-state index contributed by atoms with van der Waals surface area (Å²) in [5.74, 6) is 0.168. The van der Waals surface area contributed by atoms with Crippen LogP contribution in [0.5, 0.6) is 0 Å². The predicted molar refractivity (Wildman–Crippen MR) is 105 cm³/mol. The molecule has 2 N–H and O–H groups in total. The lowest BCUT2D eigenvalue weighted by atomic mass is 10.1. The van der Waals surface area contributed by atoms with Gasteiger partial charge in [0.15, 0.2) is 0 Å². The van der Waals surface area contributed by atoms with Gasteiger partial charge in [0.2, 0.25) is 0 Å². The van der Waals surface area contributed by atoms with Crippen LogP contribution in [0, 0.1) is 5.82 Å². The van der Waals surface area contributed by atoms with Crippen LogP contribution in [0.2, 0.25) is 0 Å². The molecule has 0 bridgehead atoms. The standard InChI is InChI=1S/C21H28FN3O3/c1-21(2,3)28-13-15(26)11-25-9-8-18-16(12-25)20(27)24-19(23-18)10-14-6-4-5-7-17(14)22/h4-7,15,26H,8-13H2,1-3H3,(H,23,24,27)/t15-/m1/s1. The van der Waals surface area contributed by atoms with E-state index in [4.69, 9.17) is 4.74 Å². The van der Waals surface area contributed by atoms with Crippen LogP contribution in [-0.2, 0) is 24.1 Å². The Balaban J connectivity index is 1.66. The van der Waals surface area contributed by atoms with E-state index in [2.05, 4.69) is 9.97 Å². The molecule has 0 saturated carbocycles. The second-order valence-electron chi connectivity index (χ2n) is 8.27. The van der Waals surface area contributed by atoms with Gasteiger partial charge in [0, 0.05) is 32.5 Å². The number of hydrogen-bond acceptors (Lipinski definition) is 5. The minimum Gasteiger partial charge on any atom is -0.389 e. The number of nitrogens with one attached hydrogen (secondary N) is 1. The Morgan fingerprint density at radius 3 is 2.82 bits per heavy atom. The Hall–Kier alpha value is -2.09. The quantitative estimate of drug-likeness (QED) is 0.791. The molecule has 1 aromatic heterocycles. The zero-order valence-corrected chi connectivity index (χ0v) is 16.7. The number of aromatic nitrogens is 2. The smallest absolute Gasteiger partial charge is 0.255 e. The topological polar surface area (TPSA) is 78.5 Å². The van der Waals surface area contributed by atoms with Gasteiger partial charge in [0.25, 0.3) is 5.56 Å². The van der Waals surface area contributed by atoms with Crippen molar-refractivity contribution < 1.29 is 14.2 Å². The number of hydrogen-bond donors (Lipinski definition) is 2. The molecule has 2 aromatic rings. The molecule has 152 valence electrons. The molecule has 0 amide bonds. The van der Waals surface area contributed by atoms with Crippen molar-refractivity contribution in [1.29, 1.82) is 0 Å². The van der Waals surface area contributed by atoms with Crippen LogP contribution >= 0.6 is 0 Å². The summed E-state index contributed by atoms with van der Waals surface area (Å²) in [6, 6.07) is 6.49. The molecule has 28 heavy (non-hydrogen) atoms. The molecule has 0 spiro atoms. The Bertz CT molecular complexity index is 876. The number of β-amino-alcohol motifs (C(OH)–C–C–N with tert-alkyl or cyclic N) is 1. The average molecular weight is 389 g/mol. The number of benzene rings is 1. The zero-order chi connectivity index (χ0) is 20.3. The normalized spacial score (nSPS) is 16.0. The molecule has 6 nitrogen and oxygen atoms in total. The monoisotopic (exact) mass is 389 g/mol. The van der Waals surface area contributed by atoms with Crippen molar-refractivity contribution in [3.05, 3.63) is 63.1 Å². The number of rotatable bonds is 6. The van der Waals surface area contributed by atoms with Crippen LogP contribution in [0.15, 0.2) is 29.1 Å². The van der Waals surface area contributed by atoms with Crippen LogP contribution in [-0.4, -0.2) is 51.4 Å². The third kappa shape index (κ3) is 5.47. The first-order chi connectivity index (χ1) is 13.2. The maximum absolute atomic E-state index is 13.9. The minimum atomic E-state index is -0.617. The largest absolute Gasteiger partial charge is 0.389 e. The first kappa shape index (κ1) is 20.6. The van der Waals surface area contributed by atoms with E-state index < -0.39 is 6.10 Å². The molecule has 0 radical (unpaired) electrons. The van der Waals surface area contributed by atoms with E-state index in [0.717, 1.165) is 5.69 Å². The van der Waals surface area contributed by atoms with Gasteiger partial charge < -0.3 is 14.8 Å². The van der Waals surface area contributed by atoms with E-state index in [1.54, 1.807) is 18.2 Å². The molecule has 0 fully saturated rings. The second kappa shape index (κ2) is 8.51. The third-order valence-corrected chi connectivity index (χ3v) is 4.69. The van der Waals surface area contributed by atoms with Crippen molar-refractivity contribution in [2.24, 2.45) is 0 Å². The Labute approximate surface area is 164 Å². The van der Waals surface area contributed by atoms with Crippen molar-refractivity contribution in [1.82, 2.24) is 14.9 Å². The Kier molecular flexibility index (Phi) is 6.27. The number of aliphatic hydroxyl groups excluding tert-OH is 1. The van der Waals surface area contributed by atoms with Crippen LogP contribution in [0.25, 0.3) is 0 Å². The van der Waals surface area contributed by atoms with Gasteiger partial charge >= 0.3 is 0 Å². The average Bonchev–Trinajstić information content (AvgIpc) is 2.62. The van der Waals surface area contributed by atoms with Gasteiger partial charge in [-0.15, -0.1) is 0 Å². The minimum absolute atomic E-state index is 0.193. The Morgan fingerprint density at radius 2 is 2.11 bits per heavy atom. The van der Waals surface area contributed by atoms with Crippen molar-refractivity contribution in [3.8, 4) is 0 Å². The lowest BCUT2D eigenvalue weighted by Gasteiger charge is -2.30. The van der Waals surface area contributed by atoms with Gasteiger partial charge in [-0.1, -0.05) is 18.2 Å². The molecule has 0 saturated heterocycles. The fraction of sp³-hybridized carbons (Fsp3) is 0.524. The summed E-state index contributed by atoms with van der Waals surface area (Å²) in [6.07, 6.45) is 0.256. The molecule has 1 aromatic carbocycles. The number of aromatic amines is 1. The molecule has 0 unspecified atom stereocenters. The number of H-pyrrole nitrogens is 1. The summed E-state index contributed by atoms with van der Waals surface area (Å²) < 4.78 is 19.5. The maximum Gasteiger partial charge on any atom is 0.255 e. The number of nitrogens with zero attached hydrogens (tertiary/aromatic N) is 2. The number of ether oxygens (including phenoxy) is 1. The highest BCUT2D eigenvalue weighted by atomic mass is 19.1. The van der Waals surface area contributed by atoms with Crippen molar-refractivity contribution in [3.63, 3.8) is 0 Å². The highest BCUT2D eigenvalue weighted by Gasteiger charge is 2.24. The summed E-state index contributed by atoms with van der Waals surface area (Å²) in [4.78, 5) is 21.9. The van der Waals surface area contributed by atoms with Crippen LogP contribution in [0.1, 0.15) is 43.4 Å². The number of aliphatic hydroxyl groups is 1. The Morgan fingerprint density at radius 1 is 1.36 bits per heavy atom. The molecule has 7 heteroatoms. The molecular weight excluding hydrogens is 361 g/mol. The number of fused-ring (bicyclic) bond motifs is 1. The first-order valence-corrected chi connectivity index (χ1v) is 9.60. The lowest BCUT2D eigenvalue weighted by Crippen LogP contribution is -2.42. The van der Waals surface area contributed by atoms with Crippen LogP contribution in [0.4, 0.5) is 4.39 Å². The van der Waals surface area contributed by atoms with E-state index >= 15 is 0 Å². The van der Waals surface area contributed by atoms with E-state index in [1.807, 2.05) is 25.7 Å². The third-order valence-electron chi connectivity index (χ3n) is 4.69. The van der Waals surface area contributed by atoms with E-state index in [-0.39, 0.29) is 30.0 Å². The summed E-state index contributed by atoms with van der Waals surface area (Å²) >= 11 is 0. The zero-order valence-electron chi connectivity index (χ0n) is 16.7. The summed E-state index contributed by atoms with van der Waals surface area (Å²) in [5, 5.41) is 10.2. The van der Waals surface area contributed by atoms with Crippen molar-refractivity contribution >= 4 is 0 Å². The lowest BCUT2D eigenvalue weighted by molar-refractivity contribution is -0.0570. The van der Waals surface area contributed by atoms with Gasteiger partial charge in [-0.05, 0) is 32.4 Å². The van der Waals surface area contributed by atoms with Gasteiger partial charge in [-0.3, -0.25) is 9.69 Å². The molecule has 1 aliphatic rings. The van der Waals surface area contributed by atoms with Gasteiger partial charge in [0.05, 0.1) is 29.6 Å². The van der Waals surface area contributed by atoms with Crippen molar-refractivity contribution in [2.75, 3.05) is 19.7 Å². The van der Waals surface area contributed by atoms with Crippen LogP contribution in [0.3, 0.4) is 0 Å². The fourth-order valence-corrected chi connectivity index (χ4v) is 3.29. The number of halogens is 1. The fourth-order valence-electron chi connectivity index (χ4n) is 3.29. The molecular formula is C21H28FN3O3. The molecule has 0 aliphatic carbocycles. The van der Waals surface area contributed by atoms with E-state index in [1.165, 1.54) is 6.07 Å². The predicted octanol–water partition coefficient (Wildman–Crippen LogP) is 2.03. The highest BCUT2D eigenvalue weighted by Crippen LogP contribution is 2.16. The van der Waals surface area contributed by atoms with Crippen molar-refractivity contribution in [2.45, 2.75) is 51.9 Å². The molecule has 1 aliphatic heterocycles. The summed E-state index contributed by atoms with van der Waals surface area (Å²) in [7, 11) is 0. The van der Waals surface area contributed by atoms with E-state index in [0.29, 0.717) is 43.0 Å². The van der Waals surface area contributed by atoms with Gasteiger partial charge in [-0.25, -0.2) is 9.37 Å². The molecule has 1 atom stereocenters. The molecule has 3 rings (SSSR count).